The summed E-state index contributed by atoms with van der Waals surface area (Å²) in [5.41, 5.74) is 3.17. The molecule has 0 saturated heterocycles. The van der Waals surface area contributed by atoms with Crippen LogP contribution in [-0.2, 0) is 4.79 Å². The number of para-hydroxylation sites is 1. The number of likely N-dealkylation sites (N-methyl/N-ethyl adjacent to an activating group) is 1. The second-order valence-corrected chi connectivity index (χ2v) is 4.28. The molecule has 0 radical (unpaired) electrons. The molecule has 1 aromatic carbocycles. The molecule has 3 nitrogen and oxygen atoms in total. The molecule has 1 rings (SSSR count). The second-order valence-electron chi connectivity index (χ2n) is 4.28. The van der Waals surface area contributed by atoms with Crippen molar-refractivity contribution in [1.29, 1.82) is 0 Å². The van der Waals surface area contributed by atoms with Gasteiger partial charge in [0.05, 0.1) is 6.54 Å². The molecule has 0 fully saturated rings. The van der Waals surface area contributed by atoms with Gasteiger partial charge in [-0.25, -0.2) is 0 Å². The van der Waals surface area contributed by atoms with Crippen LogP contribution in [0.4, 0.5) is 5.69 Å². The summed E-state index contributed by atoms with van der Waals surface area (Å²) in [6.07, 6.45) is 0. The molecular formula is C14H23KN2O. The van der Waals surface area contributed by atoms with Gasteiger partial charge in [0.1, 0.15) is 0 Å². The first-order chi connectivity index (χ1) is 8.08. The van der Waals surface area contributed by atoms with E-state index in [1.54, 1.807) is 0 Å². The van der Waals surface area contributed by atoms with Crippen LogP contribution in [0.5, 0.6) is 0 Å². The standard InChI is InChI=1S/C14H22N2O.K.H/c1-5-16(6-2)10-13(17)15-14-11(3)8-7-9-12(14)4;;/h7-9H,5-6,10H2,1-4H3,(H,15,17);;. The van der Waals surface area contributed by atoms with Gasteiger partial charge in [0.2, 0.25) is 5.91 Å². The van der Waals surface area contributed by atoms with Crippen LogP contribution in [0.3, 0.4) is 0 Å². The summed E-state index contributed by atoms with van der Waals surface area (Å²) < 4.78 is 0. The van der Waals surface area contributed by atoms with E-state index >= 15 is 0 Å². The summed E-state index contributed by atoms with van der Waals surface area (Å²) in [6.45, 7) is 10.4. The van der Waals surface area contributed by atoms with Crippen molar-refractivity contribution in [3.63, 3.8) is 0 Å². The van der Waals surface area contributed by atoms with Crippen LogP contribution < -0.4 is 5.32 Å². The van der Waals surface area contributed by atoms with E-state index in [-0.39, 0.29) is 57.3 Å². The number of hydrogen-bond acceptors (Lipinski definition) is 2. The van der Waals surface area contributed by atoms with Gasteiger partial charge in [-0.3, -0.25) is 9.69 Å². The van der Waals surface area contributed by atoms with Gasteiger partial charge in [-0.15, -0.1) is 0 Å². The average molecular weight is 274 g/mol. The Hall–Kier alpha value is 0.286. The van der Waals surface area contributed by atoms with E-state index in [2.05, 4.69) is 24.1 Å². The zero-order valence-corrected chi connectivity index (χ0v) is 11.2. The van der Waals surface area contributed by atoms with E-state index < -0.39 is 0 Å². The maximum atomic E-state index is 11.9. The van der Waals surface area contributed by atoms with Crippen LogP contribution in [0, 0.1) is 13.8 Å². The summed E-state index contributed by atoms with van der Waals surface area (Å²) in [4.78, 5) is 14.0. The number of nitrogens with zero attached hydrogens (tertiary/aromatic N) is 1. The molecule has 0 bridgehead atoms. The van der Waals surface area contributed by atoms with Crippen LogP contribution in [0.2, 0.25) is 0 Å². The Bertz CT molecular complexity index is 369. The van der Waals surface area contributed by atoms with E-state index in [1.807, 2.05) is 32.0 Å². The maximum absolute atomic E-state index is 11.9. The van der Waals surface area contributed by atoms with Gasteiger partial charge >= 0.3 is 51.4 Å². The Kier molecular flexibility index (Phi) is 9.38. The third-order valence-corrected chi connectivity index (χ3v) is 3.01. The summed E-state index contributed by atoms with van der Waals surface area (Å²) in [5.74, 6) is 0.0612. The number of benzene rings is 1. The first-order valence-corrected chi connectivity index (χ1v) is 6.16. The number of aryl methyl sites for hydroxylation is 2. The van der Waals surface area contributed by atoms with E-state index in [0.717, 1.165) is 29.9 Å². The third kappa shape index (κ3) is 5.51. The average Bonchev–Trinajstić information content (AvgIpc) is 2.31. The fourth-order valence-electron chi connectivity index (χ4n) is 1.84. The topological polar surface area (TPSA) is 32.3 Å². The first-order valence-electron chi connectivity index (χ1n) is 6.16. The van der Waals surface area contributed by atoms with Gasteiger partial charge in [0.15, 0.2) is 0 Å². The number of hydrogen-bond donors (Lipinski definition) is 1. The Balaban J connectivity index is 0.00000289. The van der Waals surface area contributed by atoms with Gasteiger partial charge < -0.3 is 5.32 Å². The molecule has 0 aliphatic carbocycles. The van der Waals surface area contributed by atoms with Crippen molar-refractivity contribution in [2.75, 3.05) is 25.0 Å². The molecule has 0 spiro atoms. The van der Waals surface area contributed by atoms with E-state index in [1.165, 1.54) is 0 Å². The van der Waals surface area contributed by atoms with Gasteiger partial charge in [0, 0.05) is 5.69 Å². The molecule has 4 heteroatoms. The Morgan fingerprint density at radius 1 is 1.17 bits per heavy atom. The van der Waals surface area contributed by atoms with Gasteiger partial charge in [-0.1, -0.05) is 32.0 Å². The number of carbonyl (C=O) groups excluding carboxylic acids is 1. The van der Waals surface area contributed by atoms with Gasteiger partial charge in [-0.05, 0) is 38.1 Å². The molecule has 0 atom stereocenters. The molecule has 1 N–H and O–H groups in total. The van der Waals surface area contributed by atoms with Gasteiger partial charge in [0.25, 0.3) is 0 Å². The number of anilines is 1. The van der Waals surface area contributed by atoms with Crippen LogP contribution in [0.25, 0.3) is 0 Å². The van der Waals surface area contributed by atoms with Crippen molar-refractivity contribution in [1.82, 2.24) is 4.90 Å². The molecule has 1 amide bonds. The number of carbonyl (C=O) groups is 1. The van der Waals surface area contributed by atoms with Crippen molar-refractivity contribution in [3.05, 3.63) is 29.3 Å². The molecule has 1 aromatic rings. The fourth-order valence-corrected chi connectivity index (χ4v) is 1.84. The summed E-state index contributed by atoms with van der Waals surface area (Å²) in [6, 6.07) is 6.03. The molecule has 96 valence electrons. The van der Waals surface area contributed by atoms with Crippen molar-refractivity contribution in [2.45, 2.75) is 27.7 Å². The molecule has 0 aromatic heterocycles. The molecule has 0 saturated carbocycles. The molecule has 0 unspecified atom stereocenters. The van der Waals surface area contributed by atoms with Crippen molar-refractivity contribution < 1.29 is 4.79 Å². The second kappa shape index (κ2) is 9.23. The first kappa shape index (κ1) is 18.3. The monoisotopic (exact) mass is 274 g/mol. The predicted molar refractivity (Wildman–Crippen MR) is 79.5 cm³/mol. The van der Waals surface area contributed by atoms with Crippen LogP contribution in [-0.4, -0.2) is 81.8 Å². The van der Waals surface area contributed by atoms with Crippen LogP contribution in [0.15, 0.2) is 18.2 Å². The number of rotatable bonds is 5. The summed E-state index contributed by atoms with van der Waals surface area (Å²) in [7, 11) is 0. The Morgan fingerprint density at radius 2 is 1.67 bits per heavy atom. The molecule has 0 aliphatic heterocycles. The quantitative estimate of drug-likeness (QED) is 0.832. The van der Waals surface area contributed by atoms with Crippen LogP contribution in [0.1, 0.15) is 25.0 Å². The Labute approximate surface area is 153 Å². The summed E-state index contributed by atoms with van der Waals surface area (Å²) >= 11 is 0. The van der Waals surface area contributed by atoms with Crippen molar-refractivity contribution in [2.24, 2.45) is 0 Å². The van der Waals surface area contributed by atoms with Crippen molar-refractivity contribution in [3.8, 4) is 0 Å². The zero-order chi connectivity index (χ0) is 12.8. The zero-order valence-electron chi connectivity index (χ0n) is 11.2. The summed E-state index contributed by atoms with van der Waals surface area (Å²) in [5, 5.41) is 3.00. The number of amides is 1. The number of nitrogens with one attached hydrogen (secondary N) is 1. The molecule has 0 heterocycles. The molecular weight excluding hydrogens is 251 g/mol. The van der Waals surface area contributed by atoms with E-state index in [9.17, 15) is 4.79 Å². The van der Waals surface area contributed by atoms with Gasteiger partial charge in [-0.2, -0.15) is 0 Å². The Morgan fingerprint density at radius 3 is 2.11 bits per heavy atom. The van der Waals surface area contributed by atoms with E-state index in [4.69, 9.17) is 0 Å². The molecule has 18 heavy (non-hydrogen) atoms. The van der Waals surface area contributed by atoms with E-state index in [0.29, 0.717) is 6.54 Å². The minimum absolute atomic E-state index is 0. The normalized spacial score (nSPS) is 10.1. The third-order valence-electron chi connectivity index (χ3n) is 3.01. The fraction of sp³-hybridized carbons (Fsp3) is 0.500. The SMILES string of the molecule is CCN(CC)CC(=O)Nc1c(C)cccc1C.[KH]. The molecule has 0 aliphatic rings. The van der Waals surface area contributed by atoms with Crippen molar-refractivity contribution >= 4 is 63.0 Å². The van der Waals surface area contributed by atoms with Crippen LogP contribution >= 0.6 is 0 Å². The predicted octanol–water partition coefficient (Wildman–Crippen LogP) is 1.94. The minimum atomic E-state index is 0.